The van der Waals surface area contributed by atoms with Crippen LogP contribution in [0.1, 0.15) is 23.2 Å². The van der Waals surface area contributed by atoms with Crippen molar-refractivity contribution in [3.63, 3.8) is 0 Å². The summed E-state index contributed by atoms with van der Waals surface area (Å²) in [5.74, 6) is -0.599. The molecular weight excluding hydrogens is 501 g/mol. The van der Waals surface area contributed by atoms with Gasteiger partial charge in [-0.3, -0.25) is 14.6 Å². The Morgan fingerprint density at radius 2 is 2.03 bits per heavy atom. The second-order valence-corrected chi connectivity index (χ2v) is 10.1. The zero-order chi connectivity index (χ0) is 24.2. The number of hydrogen-bond acceptors (Lipinski definition) is 5. The molecule has 0 unspecified atom stereocenters. The van der Waals surface area contributed by atoms with Gasteiger partial charge in [0.1, 0.15) is 6.17 Å². The molecule has 9 heteroatoms. The van der Waals surface area contributed by atoms with Crippen LogP contribution in [-0.4, -0.2) is 77.9 Å². The van der Waals surface area contributed by atoms with E-state index in [1.165, 1.54) is 0 Å². The molecule has 1 fully saturated rings. The first-order valence-corrected chi connectivity index (χ1v) is 12.4. The van der Waals surface area contributed by atoms with E-state index in [2.05, 4.69) is 32.3 Å². The Bertz CT molecular complexity index is 1050. The molecule has 0 spiro atoms. The van der Waals surface area contributed by atoms with E-state index in [1.54, 1.807) is 16.0 Å². The number of pyridine rings is 1. The third kappa shape index (κ3) is 5.93. The van der Waals surface area contributed by atoms with Gasteiger partial charge < -0.3 is 20.0 Å². The SMILES string of the molecule is CN(C)CCN(Cc1ncccc1Br)C(=O)CNc1cccc2c1CN(C(=O)[C@H]1C[C@H]1F)CC2. The molecule has 2 aromatic rings. The standard InChI is InChI=1S/C25H31BrFN5O2/c1-30(2)11-12-31(16-23-20(26)6-4-9-28-23)24(33)14-29-22-7-3-5-17-8-10-32(15-19(17)22)25(34)18-13-21(18)27/h3-7,9,18,21,29H,8,10-16H2,1-2H3/t18-,21+/m0/s1. The summed E-state index contributed by atoms with van der Waals surface area (Å²) < 4.78 is 14.3. The molecule has 34 heavy (non-hydrogen) atoms. The first kappa shape index (κ1) is 24.6. The van der Waals surface area contributed by atoms with Crippen molar-refractivity contribution in [1.82, 2.24) is 19.7 Å². The minimum absolute atomic E-state index is 0.0287. The van der Waals surface area contributed by atoms with E-state index in [0.717, 1.165) is 39.9 Å². The van der Waals surface area contributed by atoms with Gasteiger partial charge in [0.2, 0.25) is 11.8 Å². The van der Waals surface area contributed by atoms with Crippen LogP contribution in [0.15, 0.2) is 41.0 Å². The van der Waals surface area contributed by atoms with Crippen LogP contribution < -0.4 is 5.32 Å². The number of nitrogens with one attached hydrogen (secondary N) is 1. The maximum Gasteiger partial charge on any atom is 0.242 e. The lowest BCUT2D eigenvalue weighted by molar-refractivity contribution is -0.134. The average molecular weight is 532 g/mol. The summed E-state index contributed by atoms with van der Waals surface area (Å²) in [4.78, 5) is 35.8. The summed E-state index contributed by atoms with van der Waals surface area (Å²) >= 11 is 3.52. The number of likely N-dealkylation sites (N-methyl/N-ethyl adjacent to an activating group) is 1. The molecule has 1 aromatic heterocycles. The molecule has 0 radical (unpaired) electrons. The molecule has 182 valence electrons. The maximum atomic E-state index is 13.4. The molecule has 7 nitrogen and oxygen atoms in total. The number of carbonyl (C=O) groups is 2. The zero-order valence-electron chi connectivity index (χ0n) is 19.6. The Hall–Kier alpha value is -2.52. The van der Waals surface area contributed by atoms with E-state index in [4.69, 9.17) is 0 Å². The van der Waals surface area contributed by atoms with Gasteiger partial charge in [0.15, 0.2) is 0 Å². The Labute approximate surface area is 208 Å². The molecule has 2 heterocycles. The summed E-state index contributed by atoms with van der Waals surface area (Å²) in [6.07, 6.45) is 1.80. The maximum absolute atomic E-state index is 13.4. The van der Waals surface area contributed by atoms with E-state index in [-0.39, 0.29) is 18.4 Å². The van der Waals surface area contributed by atoms with Crippen molar-refractivity contribution in [3.05, 3.63) is 57.8 Å². The summed E-state index contributed by atoms with van der Waals surface area (Å²) in [6.45, 7) is 2.92. The number of rotatable bonds is 9. The van der Waals surface area contributed by atoms with Crippen molar-refractivity contribution in [2.45, 2.75) is 32.1 Å². The van der Waals surface area contributed by atoms with E-state index in [9.17, 15) is 14.0 Å². The van der Waals surface area contributed by atoms with Gasteiger partial charge in [-0.05, 0) is 72.2 Å². The Kier molecular flexibility index (Phi) is 7.83. The first-order valence-electron chi connectivity index (χ1n) is 11.6. The number of hydrogen-bond donors (Lipinski definition) is 1. The molecule has 1 saturated carbocycles. The highest BCUT2D eigenvalue weighted by Crippen LogP contribution is 2.37. The molecule has 1 aliphatic heterocycles. The normalized spacial score (nSPS) is 19.0. The molecule has 2 atom stereocenters. The van der Waals surface area contributed by atoms with E-state index in [0.29, 0.717) is 32.6 Å². The van der Waals surface area contributed by atoms with Gasteiger partial charge in [0.05, 0.1) is 24.7 Å². The number of carbonyl (C=O) groups excluding carboxylic acids is 2. The molecule has 0 saturated heterocycles. The number of benzene rings is 1. The quantitative estimate of drug-likeness (QED) is 0.538. The van der Waals surface area contributed by atoms with Crippen molar-refractivity contribution < 1.29 is 14.0 Å². The fraction of sp³-hybridized carbons (Fsp3) is 0.480. The van der Waals surface area contributed by atoms with Crippen LogP contribution in [0.5, 0.6) is 0 Å². The van der Waals surface area contributed by atoms with Gasteiger partial charge >= 0.3 is 0 Å². The van der Waals surface area contributed by atoms with Crippen LogP contribution in [0.3, 0.4) is 0 Å². The van der Waals surface area contributed by atoms with E-state index >= 15 is 0 Å². The minimum atomic E-state index is -0.993. The smallest absolute Gasteiger partial charge is 0.242 e. The predicted octanol–water partition coefficient (Wildman–Crippen LogP) is 3.09. The summed E-state index contributed by atoms with van der Waals surface area (Å²) in [6, 6.07) is 9.74. The molecule has 2 aliphatic rings. The fourth-order valence-corrected chi connectivity index (χ4v) is 4.58. The lowest BCUT2D eigenvalue weighted by atomic mass is 9.97. The number of aromatic nitrogens is 1. The lowest BCUT2D eigenvalue weighted by Gasteiger charge is -2.31. The average Bonchev–Trinajstić information content (AvgIpc) is 3.56. The largest absolute Gasteiger partial charge is 0.376 e. The van der Waals surface area contributed by atoms with E-state index in [1.807, 2.05) is 43.3 Å². The molecule has 0 bridgehead atoms. The van der Waals surface area contributed by atoms with Crippen LogP contribution in [0, 0.1) is 5.92 Å². The summed E-state index contributed by atoms with van der Waals surface area (Å²) in [7, 11) is 3.96. The highest BCUT2D eigenvalue weighted by Gasteiger charge is 2.46. The summed E-state index contributed by atoms with van der Waals surface area (Å²) in [5.41, 5.74) is 3.84. The molecule has 2 amide bonds. The minimum Gasteiger partial charge on any atom is -0.376 e. The second kappa shape index (κ2) is 10.8. The third-order valence-electron chi connectivity index (χ3n) is 6.39. The first-order chi connectivity index (χ1) is 16.3. The number of halogens is 2. The van der Waals surface area contributed by atoms with Crippen molar-refractivity contribution in [2.75, 3.05) is 45.6 Å². The Morgan fingerprint density at radius 3 is 2.74 bits per heavy atom. The van der Waals surface area contributed by atoms with E-state index < -0.39 is 12.1 Å². The van der Waals surface area contributed by atoms with Crippen LogP contribution in [0.4, 0.5) is 10.1 Å². The fourth-order valence-electron chi connectivity index (χ4n) is 4.20. The number of nitrogens with zero attached hydrogens (tertiary/aromatic N) is 4. The Balaban J connectivity index is 1.43. The summed E-state index contributed by atoms with van der Waals surface area (Å²) in [5, 5.41) is 3.31. The van der Waals surface area contributed by atoms with Crippen LogP contribution >= 0.6 is 15.9 Å². The molecule has 1 aromatic carbocycles. The van der Waals surface area contributed by atoms with Gasteiger partial charge in [0, 0.05) is 42.5 Å². The van der Waals surface area contributed by atoms with Crippen LogP contribution in [-0.2, 0) is 29.1 Å². The third-order valence-corrected chi connectivity index (χ3v) is 7.11. The lowest BCUT2D eigenvalue weighted by Crippen LogP contribution is -2.40. The molecule has 1 N–H and O–H groups in total. The van der Waals surface area contributed by atoms with Gasteiger partial charge in [-0.1, -0.05) is 12.1 Å². The number of fused-ring (bicyclic) bond motifs is 1. The van der Waals surface area contributed by atoms with Crippen molar-refractivity contribution in [2.24, 2.45) is 5.92 Å². The van der Waals surface area contributed by atoms with Gasteiger partial charge in [-0.25, -0.2) is 4.39 Å². The monoisotopic (exact) mass is 531 g/mol. The molecule has 1 aliphatic carbocycles. The van der Waals surface area contributed by atoms with Crippen molar-refractivity contribution in [3.8, 4) is 0 Å². The topological polar surface area (TPSA) is 68.8 Å². The van der Waals surface area contributed by atoms with Gasteiger partial charge in [-0.2, -0.15) is 0 Å². The number of anilines is 1. The van der Waals surface area contributed by atoms with Crippen LogP contribution in [0.2, 0.25) is 0 Å². The predicted molar refractivity (Wildman–Crippen MR) is 133 cm³/mol. The van der Waals surface area contributed by atoms with Gasteiger partial charge in [-0.15, -0.1) is 0 Å². The van der Waals surface area contributed by atoms with Crippen molar-refractivity contribution in [1.29, 1.82) is 0 Å². The number of alkyl halides is 1. The highest BCUT2D eigenvalue weighted by molar-refractivity contribution is 9.10. The van der Waals surface area contributed by atoms with Crippen LogP contribution in [0.25, 0.3) is 0 Å². The Morgan fingerprint density at radius 1 is 1.24 bits per heavy atom. The van der Waals surface area contributed by atoms with Gasteiger partial charge in [0.25, 0.3) is 0 Å². The number of amides is 2. The zero-order valence-corrected chi connectivity index (χ0v) is 21.2. The molecule has 4 rings (SSSR count). The molecular formula is C25H31BrFN5O2. The second-order valence-electron chi connectivity index (χ2n) is 9.22. The van der Waals surface area contributed by atoms with Crippen molar-refractivity contribution >= 4 is 33.4 Å². The highest BCUT2D eigenvalue weighted by atomic mass is 79.9.